The van der Waals surface area contributed by atoms with Gasteiger partial charge >= 0.3 is 0 Å². The van der Waals surface area contributed by atoms with Crippen LogP contribution in [0.5, 0.6) is 0 Å². The summed E-state index contributed by atoms with van der Waals surface area (Å²) in [5, 5.41) is 4.32. The molecule has 3 unspecified atom stereocenters. The van der Waals surface area contributed by atoms with Crippen LogP contribution in [0.15, 0.2) is 0 Å². The molecule has 2 rings (SSSR count). The average molecular weight is 244 g/mol. The van der Waals surface area contributed by atoms with E-state index in [4.69, 9.17) is 10.5 Å². The van der Waals surface area contributed by atoms with Crippen molar-refractivity contribution in [3.05, 3.63) is 0 Å². The summed E-state index contributed by atoms with van der Waals surface area (Å²) in [6, 6.07) is 0. The summed E-state index contributed by atoms with van der Waals surface area (Å²) in [6.07, 6.45) is 3.55. The standard InChI is InChI=1S/C12H24N2OS/c1-10-12(8-13,5-7-16-10)14-9-11(2)4-3-6-15-11/h10,14H,3-9,13H2,1-2H3. The second-order valence-electron chi connectivity index (χ2n) is 5.38. The zero-order valence-electron chi connectivity index (χ0n) is 10.4. The predicted octanol–water partition coefficient (Wildman–Crippen LogP) is 1.37. The molecule has 16 heavy (non-hydrogen) atoms. The highest BCUT2D eigenvalue weighted by molar-refractivity contribution is 8.00. The minimum absolute atomic E-state index is 0.0369. The number of ether oxygens (including phenoxy) is 1. The van der Waals surface area contributed by atoms with Gasteiger partial charge in [0.05, 0.1) is 5.60 Å². The molecule has 0 bridgehead atoms. The third-order valence-electron chi connectivity index (χ3n) is 4.17. The largest absolute Gasteiger partial charge is 0.374 e. The Morgan fingerprint density at radius 1 is 1.50 bits per heavy atom. The second kappa shape index (κ2) is 4.84. The summed E-state index contributed by atoms with van der Waals surface area (Å²) in [4.78, 5) is 0. The predicted molar refractivity (Wildman–Crippen MR) is 69.9 cm³/mol. The molecule has 0 saturated carbocycles. The molecule has 4 heteroatoms. The van der Waals surface area contributed by atoms with E-state index in [2.05, 4.69) is 19.2 Å². The lowest BCUT2D eigenvalue weighted by atomic mass is 9.91. The Balaban J connectivity index is 1.92. The summed E-state index contributed by atoms with van der Waals surface area (Å²) in [6.45, 7) is 7.09. The van der Waals surface area contributed by atoms with Gasteiger partial charge in [-0.05, 0) is 31.9 Å². The molecule has 0 aromatic heterocycles. The van der Waals surface area contributed by atoms with E-state index >= 15 is 0 Å². The Bertz CT molecular complexity index is 243. The van der Waals surface area contributed by atoms with Crippen LogP contribution in [0.2, 0.25) is 0 Å². The van der Waals surface area contributed by atoms with E-state index in [0.29, 0.717) is 5.25 Å². The van der Waals surface area contributed by atoms with Crippen molar-refractivity contribution in [1.82, 2.24) is 5.32 Å². The van der Waals surface area contributed by atoms with Crippen LogP contribution in [0.3, 0.4) is 0 Å². The van der Waals surface area contributed by atoms with E-state index < -0.39 is 0 Å². The molecule has 3 N–H and O–H groups in total. The monoisotopic (exact) mass is 244 g/mol. The molecule has 0 aliphatic carbocycles. The van der Waals surface area contributed by atoms with Crippen molar-refractivity contribution in [2.45, 2.75) is 49.5 Å². The van der Waals surface area contributed by atoms with Crippen LogP contribution in [-0.2, 0) is 4.74 Å². The molecule has 2 aliphatic heterocycles. The zero-order valence-corrected chi connectivity index (χ0v) is 11.2. The van der Waals surface area contributed by atoms with E-state index in [1.54, 1.807) is 0 Å². The quantitative estimate of drug-likeness (QED) is 0.784. The third kappa shape index (κ3) is 2.40. The summed E-state index contributed by atoms with van der Waals surface area (Å²) in [7, 11) is 0. The second-order valence-corrected chi connectivity index (χ2v) is 6.83. The summed E-state index contributed by atoms with van der Waals surface area (Å²) in [5.74, 6) is 1.23. The molecule has 2 heterocycles. The maximum Gasteiger partial charge on any atom is 0.0779 e. The topological polar surface area (TPSA) is 47.3 Å². The number of nitrogens with one attached hydrogen (secondary N) is 1. The van der Waals surface area contributed by atoms with Crippen molar-refractivity contribution in [3.63, 3.8) is 0 Å². The van der Waals surface area contributed by atoms with Crippen molar-refractivity contribution < 1.29 is 4.74 Å². The van der Waals surface area contributed by atoms with Crippen molar-refractivity contribution >= 4 is 11.8 Å². The minimum Gasteiger partial charge on any atom is -0.374 e. The van der Waals surface area contributed by atoms with Gasteiger partial charge in [0, 0.05) is 30.5 Å². The molecule has 2 fully saturated rings. The molecule has 94 valence electrons. The van der Waals surface area contributed by atoms with Gasteiger partial charge in [-0.25, -0.2) is 0 Å². The van der Waals surface area contributed by atoms with E-state index in [9.17, 15) is 0 Å². The first kappa shape index (κ1) is 12.7. The van der Waals surface area contributed by atoms with Crippen LogP contribution in [-0.4, -0.2) is 41.8 Å². The Labute approximate surface area is 103 Å². The molecule has 0 aromatic rings. The van der Waals surface area contributed by atoms with Gasteiger partial charge in [-0.2, -0.15) is 11.8 Å². The lowest BCUT2D eigenvalue weighted by Gasteiger charge is -2.36. The van der Waals surface area contributed by atoms with Gasteiger partial charge in [-0.15, -0.1) is 0 Å². The molecule has 2 aliphatic rings. The maximum atomic E-state index is 5.97. The zero-order chi connectivity index (χ0) is 11.6. The Kier molecular flexibility index (Phi) is 3.84. The van der Waals surface area contributed by atoms with Crippen LogP contribution >= 0.6 is 11.8 Å². The molecular formula is C12H24N2OS. The fraction of sp³-hybridized carbons (Fsp3) is 1.00. The number of rotatable bonds is 4. The Hall–Kier alpha value is 0.230. The van der Waals surface area contributed by atoms with Gasteiger partial charge in [0.2, 0.25) is 0 Å². The highest BCUT2D eigenvalue weighted by atomic mass is 32.2. The summed E-state index contributed by atoms with van der Waals surface area (Å²) in [5.41, 5.74) is 6.15. The molecule has 2 saturated heterocycles. The van der Waals surface area contributed by atoms with Crippen molar-refractivity contribution in [3.8, 4) is 0 Å². The molecule has 0 aromatic carbocycles. The van der Waals surface area contributed by atoms with E-state index in [0.717, 1.165) is 19.7 Å². The fourth-order valence-electron chi connectivity index (χ4n) is 2.69. The minimum atomic E-state index is 0.0369. The SMILES string of the molecule is CC1SCCC1(CN)NCC1(C)CCCO1. The smallest absolute Gasteiger partial charge is 0.0779 e. The van der Waals surface area contributed by atoms with Gasteiger partial charge in [0.15, 0.2) is 0 Å². The highest BCUT2D eigenvalue weighted by Gasteiger charge is 2.41. The molecule has 0 spiro atoms. The van der Waals surface area contributed by atoms with Crippen molar-refractivity contribution in [1.29, 1.82) is 0 Å². The summed E-state index contributed by atoms with van der Waals surface area (Å²) >= 11 is 2.03. The first-order valence-corrected chi connectivity index (χ1v) is 7.36. The van der Waals surface area contributed by atoms with E-state index in [1.807, 2.05) is 11.8 Å². The van der Waals surface area contributed by atoms with Crippen molar-refractivity contribution in [2.24, 2.45) is 5.73 Å². The number of hydrogen-bond donors (Lipinski definition) is 2. The van der Waals surface area contributed by atoms with Crippen LogP contribution < -0.4 is 11.1 Å². The molecule has 3 nitrogen and oxygen atoms in total. The van der Waals surface area contributed by atoms with Gasteiger partial charge in [-0.1, -0.05) is 6.92 Å². The first-order chi connectivity index (χ1) is 7.60. The number of nitrogens with two attached hydrogens (primary N) is 1. The fourth-order valence-corrected chi connectivity index (χ4v) is 4.14. The van der Waals surface area contributed by atoms with Crippen LogP contribution in [0, 0.1) is 0 Å². The third-order valence-corrected chi connectivity index (χ3v) is 5.56. The molecule has 0 radical (unpaired) electrons. The van der Waals surface area contributed by atoms with Crippen LogP contribution in [0.1, 0.15) is 33.1 Å². The summed E-state index contributed by atoms with van der Waals surface area (Å²) < 4.78 is 5.81. The maximum absolute atomic E-state index is 5.97. The van der Waals surface area contributed by atoms with Crippen LogP contribution in [0.4, 0.5) is 0 Å². The number of hydrogen-bond acceptors (Lipinski definition) is 4. The molecular weight excluding hydrogens is 220 g/mol. The first-order valence-electron chi connectivity index (χ1n) is 6.31. The highest BCUT2D eigenvalue weighted by Crippen LogP contribution is 2.36. The molecule has 0 amide bonds. The molecule has 3 atom stereocenters. The van der Waals surface area contributed by atoms with Crippen molar-refractivity contribution in [2.75, 3.05) is 25.4 Å². The normalized spacial score (nSPS) is 44.1. The Morgan fingerprint density at radius 2 is 2.31 bits per heavy atom. The van der Waals surface area contributed by atoms with E-state index in [1.165, 1.54) is 25.0 Å². The van der Waals surface area contributed by atoms with Gasteiger partial charge in [0.25, 0.3) is 0 Å². The van der Waals surface area contributed by atoms with Gasteiger partial charge < -0.3 is 15.8 Å². The van der Waals surface area contributed by atoms with Crippen LogP contribution in [0.25, 0.3) is 0 Å². The van der Waals surface area contributed by atoms with Gasteiger partial charge in [0.1, 0.15) is 0 Å². The average Bonchev–Trinajstić information content (AvgIpc) is 2.85. The van der Waals surface area contributed by atoms with Gasteiger partial charge in [-0.3, -0.25) is 0 Å². The Morgan fingerprint density at radius 3 is 2.81 bits per heavy atom. The lowest BCUT2D eigenvalue weighted by molar-refractivity contribution is 0.0145. The van der Waals surface area contributed by atoms with E-state index in [-0.39, 0.29) is 11.1 Å². The lowest BCUT2D eigenvalue weighted by Crippen LogP contribution is -2.58. The number of thioether (sulfide) groups is 1.